The van der Waals surface area contributed by atoms with Gasteiger partial charge in [0.25, 0.3) is 0 Å². The fourth-order valence-electron chi connectivity index (χ4n) is 1.12. The van der Waals surface area contributed by atoms with Crippen LogP contribution in [0.5, 0.6) is 0 Å². The molecule has 0 aliphatic carbocycles. The number of sulfone groups is 1. The highest BCUT2D eigenvalue weighted by Crippen LogP contribution is 2.25. The molecule has 1 heterocycles. The van der Waals surface area contributed by atoms with Crippen LogP contribution in [0.2, 0.25) is 0 Å². The number of hydrogen-bond donors (Lipinski definition) is 0. The molecule has 1 aromatic rings. The molecular formula is C9H11BrClNO2S. The molecule has 1 unspecified atom stereocenters. The number of alkyl halides is 1. The van der Waals surface area contributed by atoms with Gasteiger partial charge >= 0.3 is 0 Å². The van der Waals surface area contributed by atoms with E-state index in [2.05, 4.69) is 20.9 Å². The van der Waals surface area contributed by atoms with Gasteiger partial charge in [-0.1, -0.05) is 0 Å². The van der Waals surface area contributed by atoms with Crippen molar-refractivity contribution in [1.82, 2.24) is 4.98 Å². The molecule has 0 amide bonds. The minimum absolute atomic E-state index is 0.273. The lowest BCUT2D eigenvalue weighted by Gasteiger charge is -2.12. The zero-order chi connectivity index (χ0) is 11.5. The molecule has 1 atom stereocenters. The molecule has 0 aliphatic rings. The van der Waals surface area contributed by atoms with Crippen molar-refractivity contribution >= 4 is 37.4 Å². The number of pyridine rings is 1. The lowest BCUT2D eigenvalue weighted by atomic mass is 10.4. The zero-order valence-corrected chi connectivity index (χ0v) is 11.3. The molecular weight excluding hydrogens is 302 g/mol. The van der Waals surface area contributed by atoms with Crippen molar-refractivity contribution in [3.63, 3.8) is 0 Å². The fraction of sp³-hybridized carbons (Fsp3) is 0.444. The second-order valence-corrected chi connectivity index (χ2v) is 6.71. The van der Waals surface area contributed by atoms with Crippen LogP contribution in [0.1, 0.15) is 13.3 Å². The smallest absolute Gasteiger partial charge is 0.182 e. The first-order chi connectivity index (χ1) is 7.00. The topological polar surface area (TPSA) is 47.0 Å². The summed E-state index contributed by atoms with van der Waals surface area (Å²) in [6, 6.07) is 1.49. The summed E-state index contributed by atoms with van der Waals surface area (Å²) in [5.41, 5.74) is 0. The molecule has 84 valence electrons. The Morgan fingerprint density at radius 1 is 1.60 bits per heavy atom. The Hall–Kier alpha value is -0.130. The highest BCUT2D eigenvalue weighted by molar-refractivity contribution is 9.10. The Kier molecular flexibility index (Phi) is 4.55. The van der Waals surface area contributed by atoms with E-state index in [9.17, 15) is 8.42 Å². The van der Waals surface area contributed by atoms with Gasteiger partial charge in [-0.3, -0.25) is 4.98 Å². The van der Waals surface area contributed by atoms with Crippen LogP contribution in [-0.4, -0.2) is 24.5 Å². The average Bonchev–Trinajstić information content (AvgIpc) is 2.18. The van der Waals surface area contributed by atoms with E-state index >= 15 is 0 Å². The normalized spacial score (nSPS) is 13.8. The summed E-state index contributed by atoms with van der Waals surface area (Å²) in [5.74, 6) is 0.336. The average molecular weight is 313 g/mol. The van der Waals surface area contributed by atoms with Gasteiger partial charge in [0.1, 0.15) is 0 Å². The van der Waals surface area contributed by atoms with E-state index < -0.39 is 15.1 Å². The summed E-state index contributed by atoms with van der Waals surface area (Å²) in [6.45, 7) is 1.66. The number of hydrogen-bond acceptors (Lipinski definition) is 3. The standard InChI is InChI=1S/C9H11BrClNO2S/c1-7(2-4-11)15(13,14)9-3-5-12-6-8(9)10/h3,5-7H,2,4H2,1H3. The van der Waals surface area contributed by atoms with Gasteiger partial charge < -0.3 is 0 Å². The van der Waals surface area contributed by atoms with Gasteiger partial charge in [-0.15, -0.1) is 11.6 Å². The highest BCUT2D eigenvalue weighted by Gasteiger charge is 2.24. The number of halogens is 2. The molecule has 3 nitrogen and oxygen atoms in total. The molecule has 1 aromatic heterocycles. The Bertz CT molecular complexity index is 435. The molecule has 0 N–H and O–H groups in total. The molecule has 0 aliphatic heterocycles. The van der Waals surface area contributed by atoms with E-state index in [1.54, 1.807) is 6.92 Å². The molecule has 0 radical (unpaired) electrons. The third kappa shape index (κ3) is 2.92. The van der Waals surface area contributed by atoms with Crippen molar-refractivity contribution < 1.29 is 8.42 Å². The van der Waals surface area contributed by atoms with Crippen LogP contribution in [0.3, 0.4) is 0 Å². The van der Waals surface area contributed by atoms with Gasteiger partial charge in [0.15, 0.2) is 9.84 Å². The van der Waals surface area contributed by atoms with Gasteiger partial charge in [0.2, 0.25) is 0 Å². The van der Waals surface area contributed by atoms with Crippen LogP contribution < -0.4 is 0 Å². The first-order valence-corrected chi connectivity index (χ1v) is 7.27. The van der Waals surface area contributed by atoms with Crippen LogP contribution in [0.15, 0.2) is 27.8 Å². The molecule has 0 bridgehead atoms. The van der Waals surface area contributed by atoms with Crippen LogP contribution in [0.25, 0.3) is 0 Å². The maximum Gasteiger partial charge on any atom is 0.182 e. The van der Waals surface area contributed by atoms with E-state index in [0.717, 1.165) is 0 Å². The summed E-state index contributed by atoms with van der Waals surface area (Å²) < 4.78 is 24.5. The van der Waals surface area contributed by atoms with Crippen LogP contribution >= 0.6 is 27.5 Å². The number of rotatable bonds is 4. The summed E-state index contributed by atoms with van der Waals surface area (Å²) in [5, 5.41) is -0.478. The molecule has 6 heteroatoms. The van der Waals surface area contributed by atoms with E-state index in [4.69, 9.17) is 11.6 Å². The minimum atomic E-state index is -3.30. The van der Waals surface area contributed by atoms with Crippen molar-refractivity contribution in [1.29, 1.82) is 0 Å². The molecule has 0 saturated heterocycles. The predicted molar refractivity (Wildman–Crippen MR) is 63.9 cm³/mol. The van der Waals surface area contributed by atoms with Crippen LogP contribution in [0, 0.1) is 0 Å². The van der Waals surface area contributed by atoms with E-state index in [-0.39, 0.29) is 4.90 Å². The van der Waals surface area contributed by atoms with Gasteiger partial charge in [-0.05, 0) is 35.3 Å². The lowest BCUT2D eigenvalue weighted by molar-refractivity contribution is 0.580. The lowest BCUT2D eigenvalue weighted by Crippen LogP contribution is -2.19. The van der Waals surface area contributed by atoms with Crippen molar-refractivity contribution in [3.05, 3.63) is 22.9 Å². The molecule has 0 aromatic carbocycles. The SMILES string of the molecule is CC(CCCl)S(=O)(=O)c1ccncc1Br. The Balaban J connectivity index is 3.12. The van der Waals surface area contributed by atoms with Crippen molar-refractivity contribution in [2.45, 2.75) is 23.5 Å². The molecule has 0 fully saturated rings. The second-order valence-electron chi connectivity index (χ2n) is 3.14. The van der Waals surface area contributed by atoms with Gasteiger partial charge in [0, 0.05) is 18.3 Å². The largest absolute Gasteiger partial charge is 0.263 e. The monoisotopic (exact) mass is 311 g/mol. The molecule has 15 heavy (non-hydrogen) atoms. The number of aromatic nitrogens is 1. The van der Waals surface area contributed by atoms with Crippen molar-refractivity contribution in [2.75, 3.05) is 5.88 Å². The Morgan fingerprint density at radius 2 is 2.27 bits per heavy atom. The maximum absolute atomic E-state index is 12.0. The van der Waals surface area contributed by atoms with E-state index in [1.165, 1.54) is 18.5 Å². The zero-order valence-electron chi connectivity index (χ0n) is 8.15. The Labute approximate surface area is 103 Å². The van der Waals surface area contributed by atoms with Crippen molar-refractivity contribution in [3.8, 4) is 0 Å². The van der Waals surface area contributed by atoms with Crippen LogP contribution in [-0.2, 0) is 9.84 Å². The van der Waals surface area contributed by atoms with Gasteiger partial charge in [0.05, 0.1) is 14.6 Å². The van der Waals surface area contributed by atoms with Gasteiger partial charge in [-0.2, -0.15) is 0 Å². The van der Waals surface area contributed by atoms with Crippen LogP contribution in [0.4, 0.5) is 0 Å². The number of nitrogens with zero attached hydrogens (tertiary/aromatic N) is 1. The van der Waals surface area contributed by atoms with Gasteiger partial charge in [-0.25, -0.2) is 8.42 Å². The summed E-state index contributed by atoms with van der Waals surface area (Å²) in [6.07, 6.45) is 3.38. The fourth-order valence-corrected chi connectivity index (χ4v) is 3.94. The molecule has 1 rings (SSSR count). The summed E-state index contributed by atoms with van der Waals surface area (Å²) in [7, 11) is -3.30. The first-order valence-electron chi connectivity index (χ1n) is 4.39. The predicted octanol–water partition coefficient (Wildman–Crippen LogP) is 2.64. The third-order valence-electron chi connectivity index (χ3n) is 2.09. The molecule has 0 spiro atoms. The third-order valence-corrected chi connectivity index (χ3v) is 5.46. The summed E-state index contributed by atoms with van der Waals surface area (Å²) in [4.78, 5) is 4.10. The Morgan fingerprint density at radius 3 is 2.80 bits per heavy atom. The summed E-state index contributed by atoms with van der Waals surface area (Å²) >= 11 is 8.72. The maximum atomic E-state index is 12.0. The molecule has 0 saturated carbocycles. The quantitative estimate of drug-likeness (QED) is 0.803. The highest BCUT2D eigenvalue weighted by atomic mass is 79.9. The van der Waals surface area contributed by atoms with E-state index in [1.807, 2.05) is 0 Å². The minimum Gasteiger partial charge on any atom is -0.263 e. The van der Waals surface area contributed by atoms with Crippen molar-refractivity contribution in [2.24, 2.45) is 0 Å². The second kappa shape index (κ2) is 5.27. The first kappa shape index (κ1) is 12.9. The van der Waals surface area contributed by atoms with E-state index in [0.29, 0.717) is 16.8 Å².